The lowest BCUT2D eigenvalue weighted by molar-refractivity contribution is -0.114. The van der Waals surface area contributed by atoms with Gasteiger partial charge in [-0.05, 0) is 46.3 Å². The van der Waals surface area contributed by atoms with Crippen LogP contribution >= 0.6 is 43.2 Å². The van der Waals surface area contributed by atoms with Crippen molar-refractivity contribution in [2.45, 2.75) is 6.92 Å². The molecule has 0 bridgehead atoms. The Kier molecular flexibility index (Phi) is 4.20. The number of rotatable bonds is 3. The molecule has 0 saturated heterocycles. The van der Waals surface area contributed by atoms with Gasteiger partial charge in [0.25, 0.3) is 0 Å². The number of ketones is 1. The third-order valence-electron chi connectivity index (χ3n) is 2.95. The summed E-state index contributed by atoms with van der Waals surface area (Å²) in [5.74, 6) is -0.381. The second-order valence-electron chi connectivity index (χ2n) is 4.56. The number of carbonyl (C=O) groups excluding carboxylic acids is 2. The number of halogens is 2. The van der Waals surface area contributed by atoms with Gasteiger partial charge in [-0.3, -0.25) is 9.59 Å². The van der Waals surface area contributed by atoms with Crippen molar-refractivity contribution in [3.63, 3.8) is 0 Å². The molecule has 2 aromatic heterocycles. The number of carbonyl (C=O) groups is 2. The fourth-order valence-electron chi connectivity index (χ4n) is 2.08. The van der Waals surface area contributed by atoms with E-state index in [-0.39, 0.29) is 17.5 Å². The summed E-state index contributed by atoms with van der Waals surface area (Å²) in [6.45, 7) is 1.40. The molecule has 0 aliphatic heterocycles. The number of furan rings is 1. The van der Waals surface area contributed by atoms with E-state index in [0.717, 1.165) is 8.26 Å². The Labute approximate surface area is 146 Å². The fraction of sp³-hybridized carbons (Fsp3) is 0.0667. The van der Waals surface area contributed by atoms with Crippen molar-refractivity contribution < 1.29 is 14.0 Å². The van der Waals surface area contributed by atoms with Crippen LogP contribution in [0, 0.1) is 0 Å². The highest BCUT2D eigenvalue weighted by molar-refractivity contribution is 9.11. The highest BCUT2D eigenvalue weighted by Gasteiger charge is 2.24. The summed E-state index contributed by atoms with van der Waals surface area (Å²) in [6, 6.07) is 8.91. The Balaban J connectivity index is 2.19. The van der Waals surface area contributed by atoms with Crippen molar-refractivity contribution in [3.05, 3.63) is 49.2 Å². The first-order valence-electron chi connectivity index (χ1n) is 6.25. The maximum Gasteiger partial charge on any atom is 0.240 e. The smallest absolute Gasteiger partial charge is 0.240 e. The van der Waals surface area contributed by atoms with Gasteiger partial charge >= 0.3 is 0 Å². The van der Waals surface area contributed by atoms with Crippen LogP contribution in [0.1, 0.15) is 22.4 Å². The van der Waals surface area contributed by atoms with E-state index in [1.54, 1.807) is 18.2 Å². The van der Waals surface area contributed by atoms with E-state index in [1.165, 1.54) is 18.3 Å². The standard InChI is InChI=1S/C15H9Br2NO3S/c1-7(19)18-13-9-6-8(16)2-3-10(9)21-15(13)14(20)11-4-5-12(17)22-11/h2-6H,1H3,(H,18,19). The summed E-state index contributed by atoms with van der Waals surface area (Å²) in [6.07, 6.45) is 0. The summed E-state index contributed by atoms with van der Waals surface area (Å²) in [5.41, 5.74) is 0.948. The predicted octanol–water partition coefficient (Wildman–Crippen LogP) is 5.21. The molecule has 0 spiro atoms. The number of amides is 1. The van der Waals surface area contributed by atoms with Gasteiger partial charge in [-0.2, -0.15) is 0 Å². The summed E-state index contributed by atoms with van der Waals surface area (Å²) in [7, 11) is 0. The Morgan fingerprint density at radius 3 is 2.59 bits per heavy atom. The molecular formula is C15H9Br2NO3S. The lowest BCUT2D eigenvalue weighted by Crippen LogP contribution is -2.09. The van der Waals surface area contributed by atoms with E-state index in [4.69, 9.17) is 4.42 Å². The van der Waals surface area contributed by atoms with Crippen molar-refractivity contribution in [1.82, 2.24) is 0 Å². The molecule has 0 fully saturated rings. The Morgan fingerprint density at radius 2 is 1.95 bits per heavy atom. The van der Waals surface area contributed by atoms with E-state index in [2.05, 4.69) is 37.2 Å². The molecule has 1 aromatic carbocycles. The number of fused-ring (bicyclic) bond motifs is 1. The summed E-state index contributed by atoms with van der Waals surface area (Å²) < 4.78 is 7.38. The van der Waals surface area contributed by atoms with E-state index < -0.39 is 0 Å². The molecule has 0 aliphatic carbocycles. The molecule has 0 radical (unpaired) electrons. The normalized spacial score (nSPS) is 10.9. The van der Waals surface area contributed by atoms with Crippen LogP contribution in [-0.2, 0) is 4.79 Å². The van der Waals surface area contributed by atoms with Crippen molar-refractivity contribution in [3.8, 4) is 0 Å². The second-order valence-corrected chi connectivity index (χ2v) is 7.94. The minimum absolute atomic E-state index is 0.137. The lowest BCUT2D eigenvalue weighted by Gasteiger charge is -2.02. The zero-order valence-electron chi connectivity index (χ0n) is 11.3. The summed E-state index contributed by atoms with van der Waals surface area (Å²) >= 11 is 8.04. The molecule has 1 amide bonds. The summed E-state index contributed by atoms with van der Waals surface area (Å²) in [5, 5.41) is 3.38. The number of hydrogen-bond acceptors (Lipinski definition) is 4. The van der Waals surface area contributed by atoms with Gasteiger partial charge in [0.15, 0.2) is 5.76 Å². The molecule has 1 N–H and O–H groups in total. The largest absolute Gasteiger partial charge is 0.450 e. The predicted molar refractivity (Wildman–Crippen MR) is 93.7 cm³/mol. The maximum atomic E-state index is 12.6. The highest BCUT2D eigenvalue weighted by Crippen LogP contribution is 2.35. The molecule has 112 valence electrons. The SMILES string of the molecule is CC(=O)Nc1c(C(=O)c2ccc(Br)s2)oc2ccc(Br)cc12. The Bertz CT molecular complexity index is 897. The van der Waals surface area contributed by atoms with Crippen LogP contribution < -0.4 is 5.32 Å². The Hall–Kier alpha value is -1.44. The quantitative estimate of drug-likeness (QED) is 0.566. The third-order valence-corrected chi connectivity index (χ3v) is 5.07. The fourth-order valence-corrected chi connectivity index (χ4v) is 3.76. The van der Waals surface area contributed by atoms with Crippen molar-refractivity contribution >= 4 is 71.5 Å². The molecule has 0 saturated carbocycles. The summed E-state index contributed by atoms with van der Waals surface area (Å²) in [4.78, 5) is 24.7. The molecule has 7 heteroatoms. The van der Waals surface area contributed by atoms with Gasteiger partial charge in [0.1, 0.15) is 5.58 Å². The molecule has 3 aromatic rings. The van der Waals surface area contributed by atoms with Gasteiger partial charge in [-0.15, -0.1) is 11.3 Å². The molecule has 0 atom stereocenters. The number of benzene rings is 1. The van der Waals surface area contributed by atoms with Gasteiger partial charge in [-0.1, -0.05) is 15.9 Å². The van der Waals surface area contributed by atoms with Crippen molar-refractivity contribution in [1.29, 1.82) is 0 Å². The van der Waals surface area contributed by atoms with E-state index in [1.807, 2.05) is 12.1 Å². The first-order valence-corrected chi connectivity index (χ1v) is 8.65. The van der Waals surface area contributed by atoms with Gasteiger partial charge in [0, 0.05) is 16.8 Å². The molecular weight excluding hydrogens is 434 g/mol. The van der Waals surface area contributed by atoms with E-state index >= 15 is 0 Å². The highest BCUT2D eigenvalue weighted by atomic mass is 79.9. The molecule has 0 unspecified atom stereocenters. The second kappa shape index (κ2) is 5.98. The molecule has 0 aliphatic rings. The number of hydrogen-bond donors (Lipinski definition) is 1. The third kappa shape index (κ3) is 2.88. The van der Waals surface area contributed by atoms with Gasteiger partial charge in [-0.25, -0.2) is 0 Å². The number of nitrogens with one attached hydrogen (secondary N) is 1. The number of anilines is 1. The lowest BCUT2D eigenvalue weighted by atomic mass is 10.1. The van der Waals surface area contributed by atoms with Crippen LogP contribution in [0.5, 0.6) is 0 Å². The van der Waals surface area contributed by atoms with Crippen LogP contribution in [0.4, 0.5) is 5.69 Å². The number of thiophene rings is 1. The van der Waals surface area contributed by atoms with E-state index in [9.17, 15) is 9.59 Å². The molecule has 22 heavy (non-hydrogen) atoms. The monoisotopic (exact) mass is 441 g/mol. The van der Waals surface area contributed by atoms with Crippen molar-refractivity contribution in [2.75, 3.05) is 5.32 Å². The minimum atomic E-state index is -0.260. The Morgan fingerprint density at radius 1 is 1.18 bits per heavy atom. The minimum Gasteiger partial charge on any atom is -0.450 e. The zero-order valence-corrected chi connectivity index (χ0v) is 15.3. The maximum absolute atomic E-state index is 12.6. The van der Waals surface area contributed by atoms with Crippen LogP contribution in [0.3, 0.4) is 0 Å². The average Bonchev–Trinajstić information content (AvgIpc) is 3.03. The molecule has 4 nitrogen and oxygen atoms in total. The zero-order chi connectivity index (χ0) is 15.9. The van der Waals surface area contributed by atoms with Gasteiger partial charge < -0.3 is 9.73 Å². The van der Waals surface area contributed by atoms with Crippen LogP contribution in [0.25, 0.3) is 11.0 Å². The molecule has 2 heterocycles. The first kappa shape index (κ1) is 15.5. The first-order chi connectivity index (χ1) is 10.5. The van der Waals surface area contributed by atoms with E-state index in [0.29, 0.717) is 21.5 Å². The van der Waals surface area contributed by atoms with Crippen LogP contribution in [-0.4, -0.2) is 11.7 Å². The molecule has 3 rings (SSSR count). The van der Waals surface area contributed by atoms with Crippen LogP contribution in [0.15, 0.2) is 43.0 Å². The van der Waals surface area contributed by atoms with Crippen LogP contribution in [0.2, 0.25) is 0 Å². The topological polar surface area (TPSA) is 59.3 Å². The van der Waals surface area contributed by atoms with Crippen molar-refractivity contribution in [2.24, 2.45) is 0 Å². The van der Waals surface area contributed by atoms with Gasteiger partial charge in [0.05, 0.1) is 14.4 Å². The van der Waals surface area contributed by atoms with Gasteiger partial charge in [0.2, 0.25) is 11.7 Å². The average molecular weight is 443 g/mol.